The summed E-state index contributed by atoms with van der Waals surface area (Å²) in [7, 11) is 1.38. The summed E-state index contributed by atoms with van der Waals surface area (Å²) in [5, 5.41) is 7.18. The van der Waals surface area contributed by atoms with E-state index in [0.29, 0.717) is 29.3 Å². The van der Waals surface area contributed by atoms with Gasteiger partial charge in [0.1, 0.15) is 5.58 Å². The molecule has 2 aliphatic heterocycles. The van der Waals surface area contributed by atoms with E-state index in [0.717, 1.165) is 62.3 Å². The van der Waals surface area contributed by atoms with Gasteiger partial charge in [0.15, 0.2) is 5.76 Å². The topological polar surface area (TPSA) is 101 Å². The summed E-state index contributed by atoms with van der Waals surface area (Å²) in [6, 6.07) is 3.21. The van der Waals surface area contributed by atoms with Gasteiger partial charge in [-0.05, 0) is 50.7 Å². The maximum absolute atomic E-state index is 13.6. The van der Waals surface area contributed by atoms with Crippen molar-refractivity contribution in [3.63, 3.8) is 0 Å². The van der Waals surface area contributed by atoms with Crippen LogP contribution in [0.5, 0.6) is 0 Å². The van der Waals surface area contributed by atoms with E-state index < -0.39 is 5.54 Å². The van der Waals surface area contributed by atoms with Crippen LogP contribution in [0.4, 0.5) is 10.5 Å². The van der Waals surface area contributed by atoms with Crippen LogP contribution in [0.1, 0.15) is 80.3 Å². The first-order chi connectivity index (χ1) is 16.4. The highest BCUT2D eigenvalue weighted by molar-refractivity contribution is 6.35. The molecule has 34 heavy (non-hydrogen) atoms. The van der Waals surface area contributed by atoms with Gasteiger partial charge in [-0.25, -0.2) is 4.79 Å². The molecule has 1 saturated carbocycles. The van der Waals surface area contributed by atoms with Crippen LogP contribution in [0, 0.1) is 0 Å². The lowest BCUT2D eigenvalue weighted by molar-refractivity contribution is -0.141. The highest BCUT2D eigenvalue weighted by Gasteiger charge is 2.44. The average molecular weight is 488 g/mol. The number of ether oxygens (including phenoxy) is 1. The number of furan rings is 1. The van der Waals surface area contributed by atoms with E-state index in [4.69, 9.17) is 20.8 Å². The van der Waals surface area contributed by atoms with Crippen molar-refractivity contribution in [2.24, 2.45) is 0 Å². The normalized spacial score (nSPS) is 21.6. The first-order valence-corrected chi connectivity index (χ1v) is 12.5. The number of anilines is 1. The smallest absolute Gasteiger partial charge is 0.319 e. The number of esters is 1. The van der Waals surface area contributed by atoms with Crippen LogP contribution in [-0.2, 0) is 15.1 Å². The maximum Gasteiger partial charge on any atom is 0.319 e. The first kappa shape index (κ1) is 23.0. The number of benzene rings is 1. The number of hydrogen-bond donors (Lipinski definition) is 2. The third kappa shape index (κ3) is 4.02. The second kappa shape index (κ2) is 9.13. The molecular weight excluding hydrogens is 458 g/mol. The number of fused-ring (bicyclic) bond motifs is 4. The molecule has 182 valence electrons. The summed E-state index contributed by atoms with van der Waals surface area (Å²) in [6.07, 6.45) is 8.35. The van der Waals surface area contributed by atoms with E-state index in [1.54, 1.807) is 12.1 Å². The molecule has 1 atom stereocenters. The Morgan fingerprint density at radius 3 is 2.76 bits per heavy atom. The number of hydrogen-bond acceptors (Lipinski definition) is 5. The largest absolute Gasteiger partial charge is 0.469 e. The van der Waals surface area contributed by atoms with Crippen LogP contribution in [0.3, 0.4) is 0 Å². The number of amides is 3. The van der Waals surface area contributed by atoms with Gasteiger partial charge in [-0.2, -0.15) is 0 Å². The molecule has 1 aromatic carbocycles. The summed E-state index contributed by atoms with van der Waals surface area (Å²) in [4.78, 5) is 39.5. The molecule has 3 amide bonds. The fraction of sp³-hybridized carbons (Fsp3) is 0.560. The number of piperidine rings is 1. The van der Waals surface area contributed by atoms with Crippen molar-refractivity contribution < 1.29 is 23.5 Å². The minimum absolute atomic E-state index is 0.0308. The zero-order chi connectivity index (χ0) is 23.9. The minimum Gasteiger partial charge on any atom is -0.469 e. The third-order valence-electron chi connectivity index (χ3n) is 7.54. The molecule has 1 spiro atoms. The fourth-order valence-electron chi connectivity index (χ4n) is 5.88. The molecule has 2 fully saturated rings. The van der Waals surface area contributed by atoms with Gasteiger partial charge in [-0.1, -0.05) is 30.9 Å². The van der Waals surface area contributed by atoms with Crippen molar-refractivity contribution in [3.05, 3.63) is 28.5 Å². The Morgan fingerprint density at radius 2 is 2.00 bits per heavy atom. The molecule has 1 aromatic heterocycles. The van der Waals surface area contributed by atoms with Gasteiger partial charge in [0.2, 0.25) is 0 Å². The summed E-state index contributed by atoms with van der Waals surface area (Å²) in [5.74, 6) is -0.191. The number of nitrogens with zero attached hydrogens (tertiary/aromatic N) is 1. The highest BCUT2D eigenvalue weighted by atomic mass is 35.5. The van der Waals surface area contributed by atoms with Crippen molar-refractivity contribution >= 4 is 46.2 Å². The van der Waals surface area contributed by atoms with Crippen molar-refractivity contribution in [1.82, 2.24) is 10.2 Å². The Kier molecular flexibility index (Phi) is 6.18. The van der Waals surface area contributed by atoms with Gasteiger partial charge in [-0.15, -0.1) is 0 Å². The van der Waals surface area contributed by atoms with Crippen molar-refractivity contribution in [3.8, 4) is 0 Å². The molecule has 1 unspecified atom stereocenters. The highest BCUT2D eigenvalue weighted by Crippen LogP contribution is 2.49. The average Bonchev–Trinajstić information content (AvgIpc) is 3.26. The molecule has 1 aliphatic carbocycles. The van der Waals surface area contributed by atoms with E-state index in [9.17, 15) is 14.4 Å². The van der Waals surface area contributed by atoms with Gasteiger partial charge < -0.3 is 24.7 Å². The van der Waals surface area contributed by atoms with E-state index in [1.165, 1.54) is 7.11 Å². The Hall–Kier alpha value is -2.74. The summed E-state index contributed by atoms with van der Waals surface area (Å²) < 4.78 is 11.0. The van der Waals surface area contributed by atoms with E-state index in [-0.39, 0.29) is 36.1 Å². The molecule has 3 heterocycles. The molecule has 9 heteroatoms. The lowest BCUT2D eigenvalue weighted by Gasteiger charge is -2.42. The lowest BCUT2D eigenvalue weighted by atomic mass is 9.74. The molecule has 5 rings (SSSR count). The van der Waals surface area contributed by atoms with Gasteiger partial charge in [0.25, 0.3) is 5.91 Å². The number of carbonyl (C=O) groups is 3. The lowest BCUT2D eigenvalue weighted by Crippen LogP contribution is -2.52. The molecule has 2 N–H and O–H groups in total. The van der Waals surface area contributed by atoms with Crippen LogP contribution in [0.2, 0.25) is 5.02 Å². The third-order valence-corrected chi connectivity index (χ3v) is 7.84. The number of methoxy groups -OCH3 is 1. The van der Waals surface area contributed by atoms with Crippen LogP contribution in [0.25, 0.3) is 11.0 Å². The van der Waals surface area contributed by atoms with Crippen LogP contribution in [-0.4, -0.2) is 42.5 Å². The predicted molar refractivity (Wildman–Crippen MR) is 128 cm³/mol. The molecule has 1 saturated heterocycles. The van der Waals surface area contributed by atoms with Crippen molar-refractivity contribution in [2.75, 3.05) is 19.0 Å². The van der Waals surface area contributed by atoms with Crippen LogP contribution < -0.4 is 10.6 Å². The molecule has 0 radical (unpaired) electrons. The van der Waals surface area contributed by atoms with Gasteiger partial charge in [-0.3, -0.25) is 9.59 Å². The summed E-state index contributed by atoms with van der Waals surface area (Å²) in [5.41, 5.74) is 1.46. The van der Waals surface area contributed by atoms with Crippen LogP contribution >= 0.6 is 11.6 Å². The number of likely N-dealkylation sites (tertiary alicyclic amines) is 1. The Labute approximate surface area is 203 Å². The Balaban J connectivity index is 1.52. The van der Waals surface area contributed by atoms with E-state index in [1.807, 2.05) is 4.90 Å². The zero-order valence-electron chi connectivity index (χ0n) is 19.4. The second-order valence-electron chi connectivity index (χ2n) is 9.62. The number of rotatable bonds is 4. The predicted octanol–water partition coefficient (Wildman–Crippen LogP) is 5.33. The Morgan fingerprint density at radius 1 is 1.21 bits per heavy atom. The monoisotopic (exact) mass is 487 g/mol. The molecule has 0 bridgehead atoms. The zero-order valence-corrected chi connectivity index (χ0v) is 20.1. The van der Waals surface area contributed by atoms with E-state index >= 15 is 0 Å². The number of nitrogens with one attached hydrogen (secondary N) is 2. The molecular formula is C25H30ClN3O5. The SMILES string of the molecule is COC(=O)CCC1CCCCN1C(=O)c1cc2cc(Cl)c3c(c2o1)C1(CCCCC1)NC(=O)N3. The molecule has 8 nitrogen and oxygen atoms in total. The molecule has 2 aromatic rings. The summed E-state index contributed by atoms with van der Waals surface area (Å²) in [6.45, 7) is 0.627. The number of halogens is 1. The fourth-order valence-corrected chi connectivity index (χ4v) is 6.14. The Bertz CT molecular complexity index is 1140. The van der Waals surface area contributed by atoms with Crippen LogP contribution in [0.15, 0.2) is 16.5 Å². The van der Waals surface area contributed by atoms with Gasteiger partial charge in [0, 0.05) is 30.0 Å². The second-order valence-corrected chi connectivity index (χ2v) is 10.0. The first-order valence-electron chi connectivity index (χ1n) is 12.2. The van der Waals surface area contributed by atoms with Crippen molar-refractivity contribution in [2.45, 2.75) is 75.8 Å². The minimum atomic E-state index is -0.550. The number of carbonyl (C=O) groups excluding carboxylic acids is 3. The maximum atomic E-state index is 13.6. The quantitative estimate of drug-likeness (QED) is 0.568. The van der Waals surface area contributed by atoms with Gasteiger partial charge >= 0.3 is 12.0 Å². The van der Waals surface area contributed by atoms with Gasteiger partial charge in [0.05, 0.1) is 23.4 Å². The molecule has 3 aliphatic rings. The summed E-state index contributed by atoms with van der Waals surface area (Å²) >= 11 is 6.61. The number of urea groups is 1. The van der Waals surface area contributed by atoms with E-state index in [2.05, 4.69) is 10.6 Å². The standard InChI is InChI=1S/C25H30ClN3O5/c1-33-19(30)9-8-16-7-3-6-12-29(16)23(31)18-14-15-13-17(26)21-20(22(15)34-18)25(28-24(32)27-21)10-4-2-5-11-25/h13-14,16H,2-12H2,1H3,(H2,27,28,32). The van der Waals surface area contributed by atoms with Crippen molar-refractivity contribution in [1.29, 1.82) is 0 Å².